The van der Waals surface area contributed by atoms with E-state index in [1.54, 1.807) is 12.1 Å². The van der Waals surface area contributed by atoms with Gasteiger partial charge < -0.3 is 5.32 Å². The molecule has 0 aliphatic rings. The minimum atomic E-state index is -0.852. The highest BCUT2D eigenvalue weighted by atomic mass is 35.5. The lowest BCUT2D eigenvalue weighted by atomic mass is 10.2. The fourth-order valence-corrected chi connectivity index (χ4v) is 3.01. The largest absolute Gasteiger partial charge is 0.313 e. The molecule has 0 unspecified atom stereocenters. The standard InChI is InChI=1S/C15H14ClF2NS/c1-2-19-9-10-4-3-5-12(16)15(10)20-11-6-7-13(17)14(18)8-11/h3-8,19H,2,9H2,1H3. The third-order valence-electron chi connectivity index (χ3n) is 2.72. The van der Waals surface area contributed by atoms with Gasteiger partial charge >= 0.3 is 0 Å². The molecule has 0 aliphatic carbocycles. The Morgan fingerprint density at radius 1 is 1.15 bits per heavy atom. The first-order chi connectivity index (χ1) is 9.61. The second-order valence-corrected chi connectivity index (χ2v) is 5.68. The maximum atomic E-state index is 13.3. The van der Waals surface area contributed by atoms with Crippen LogP contribution in [0.2, 0.25) is 5.02 Å². The predicted octanol–water partition coefficient (Wildman–Crippen LogP) is 4.88. The number of rotatable bonds is 5. The van der Waals surface area contributed by atoms with Crippen molar-refractivity contribution >= 4 is 23.4 Å². The van der Waals surface area contributed by atoms with Gasteiger partial charge in [0, 0.05) is 16.3 Å². The Bertz CT molecular complexity index is 604. The van der Waals surface area contributed by atoms with Crippen LogP contribution in [0.3, 0.4) is 0 Å². The molecule has 0 spiro atoms. The third kappa shape index (κ3) is 3.72. The average Bonchev–Trinajstić information content (AvgIpc) is 2.43. The first-order valence-electron chi connectivity index (χ1n) is 6.23. The van der Waals surface area contributed by atoms with Crippen molar-refractivity contribution in [2.75, 3.05) is 6.54 Å². The summed E-state index contributed by atoms with van der Waals surface area (Å²) in [6.07, 6.45) is 0. The molecule has 2 rings (SSSR count). The molecule has 5 heteroatoms. The highest BCUT2D eigenvalue weighted by Crippen LogP contribution is 2.36. The van der Waals surface area contributed by atoms with E-state index in [0.717, 1.165) is 23.1 Å². The van der Waals surface area contributed by atoms with Gasteiger partial charge in [-0.05, 0) is 36.4 Å². The van der Waals surface area contributed by atoms with Crippen LogP contribution < -0.4 is 5.32 Å². The summed E-state index contributed by atoms with van der Waals surface area (Å²) in [7, 11) is 0. The summed E-state index contributed by atoms with van der Waals surface area (Å²) >= 11 is 7.55. The Kier molecular flexibility index (Phi) is 5.40. The van der Waals surface area contributed by atoms with Gasteiger partial charge in [0.05, 0.1) is 5.02 Å². The lowest BCUT2D eigenvalue weighted by molar-refractivity contribution is 0.506. The molecule has 0 saturated heterocycles. The summed E-state index contributed by atoms with van der Waals surface area (Å²) in [5, 5.41) is 3.84. The zero-order chi connectivity index (χ0) is 14.5. The Morgan fingerprint density at radius 3 is 2.65 bits per heavy atom. The van der Waals surface area contributed by atoms with Crippen LogP contribution in [0.1, 0.15) is 12.5 Å². The van der Waals surface area contributed by atoms with E-state index in [1.165, 1.54) is 17.8 Å². The maximum absolute atomic E-state index is 13.3. The molecule has 0 heterocycles. The second kappa shape index (κ2) is 7.07. The summed E-state index contributed by atoms with van der Waals surface area (Å²) < 4.78 is 26.2. The Hall–Kier alpha value is -1.10. The van der Waals surface area contributed by atoms with Gasteiger partial charge in [0.2, 0.25) is 0 Å². The summed E-state index contributed by atoms with van der Waals surface area (Å²) in [4.78, 5) is 1.48. The fourth-order valence-electron chi connectivity index (χ4n) is 1.72. The van der Waals surface area contributed by atoms with Crippen molar-refractivity contribution < 1.29 is 8.78 Å². The second-order valence-electron chi connectivity index (χ2n) is 4.19. The van der Waals surface area contributed by atoms with Gasteiger partial charge in [0.1, 0.15) is 0 Å². The molecule has 0 amide bonds. The van der Waals surface area contributed by atoms with Gasteiger partial charge in [-0.2, -0.15) is 0 Å². The average molecular weight is 314 g/mol. The molecule has 2 aromatic rings. The van der Waals surface area contributed by atoms with Crippen LogP contribution >= 0.6 is 23.4 Å². The number of halogens is 3. The van der Waals surface area contributed by atoms with Crippen LogP contribution in [0.5, 0.6) is 0 Å². The monoisotopic (exact) mass is 313 g/mol. The fraction of sp³-hybridized carbons (Fsp3) is 0.200. The van der Waals surface area contributed by atoms with Crippen LogP contribution in [0.25, 0.3) is 0 Å². The van der Waals surface area contributed by atoms with Gasteiger partial charge in [0.25, 0.3) is 0 Å². The Labute approximate surface area is 126 Å². The highest BCUT2D eigenvalue weighted by molar-refractivity contribution is 7.99. The molecular formula is C15H14ClF2NS. The van der Waals surface area contributed by atoms with Crippen LogP contribution in [-0.4, -0.2) is 6.54 Å². The Morgan fingerprint density at radius 2 is 1.95 bits per heavy atom. The van der Waals surface area contributed by atoms with Gasteiger partial charge in [0.15, 0.2) is 11.6 Å². The van der Waals surface area contributed by atoms with E-state index in [-0.39, 0.29) is 0 Å². The zero-order valence-electron chi connectivity index (χ0n) is 10.9. The quantitative estimate of drug-likeness (QED) is 0.844. The molecule has 1 N–H and O–H groups in total. The molecular weight excluding hydrogens is 300 g/mol. The van der Waals surface area contributed by atoms with Gasteiger partial charge in [-0.1, -0.05) is 42.4 Å². The van der Waals surface area contributed by atoms with E-state index < -0.39 is 11.6 Å². The van der Waals surface area contributed by atoms with Crippen molar-refractivity contribution in [3.63, 3.8) is 0 Å². The summed E-state index contributed by atoms with van der Waals surface area (Å²) in [6.45, 7) is 3.55. The molecule has 0 aromatic heterocycles. The Balaban J connectivity index is 2.29. The number of nitrogens with one attached hydrogen (secondary N) is 1. The van der Waals surface area contributed by atoms with E-state index in [0.29, 0.717) is 16.5 Å². The summed E-state index contributed by atoms with van der Waals surface area (Å²) in [6, 6.07) is 9.49. The van der Waals surface area contributed by atoms with Crippen molar-refractivity contribution in [1.29, 1.82) is 0 Å². The summed E-state index contributed by atoms with van der Waals surface area (Å²) in [5.41, 5.74) is 1.04. The molecule has 2 aromatic carbocycles. The van der Waals surface area contributed by atoms with E-state index in [1.807, 2.05) is 19.1 Å². The normalized spacial score (nSPS) is 10.8. The lowest BCUT2D eigenvalue weighted by Gasteiger charge is -2.11. The highest BCUT2D eigenvalue weighted by Gasteiger charge is 2.10. The van der Waals surface area contributed by atoms with E-state index in [9.17, 15) is 8.78 Å². The number of hydrogen-bond acceptors (Lipinski definition) is 2. The molecule has 1 nitrogen and oxygen atoms in total. The van der Waals surface area contributed by atoms with Crippen molar-refractivity contribution in [3.8, 4) is 0 Å². The molecule has 0 bridgehead atoms. The molecule has 0 saturated carbocycles. The third-order valence-corrected chi connectivity index (χ3v) is 4.33. The number of hydrogen-bond donors (Lipinski definition) is 1. The smallest absolute Gasteiger partial charge is 0.159 e. The lowest BCUT2D eigenvalue weighted by Crippen LogP contribution is -2.12. The minimum absolute atomic E-state index is 0.607. The van der Waals surface area contributed by atoms with E-state index in [4.69, 9.17) is 11.6 Å². The van der Waals surface area contributed by atoms with Crippen molar-refractivity contribution in [1.82, 2.24) is 5.32 Å². The molecule has 0 aliphatic heterocycles. The molecule has 20 heavy (non-hydrogen) atoms. The van der Waals surface area contributed by atoms with E-state index >= 15 is 0 Å². The SMILES string of the molecule is CCNCc1cccc(Cl)c1Sc1ccc(F)c(F)c1. The van der Waals surface area contributed by atoms with Gasteiger partial charge in [-0.3, -0.25) is 0 Å². The van der Waals surface area contributed by atoms with E-state index in [2.05, 4.69) is 5.32 Å². The van der Waals surface area contributed by atoms with Gasteiger partial charge in [-0.25, -0.2) is 8.78 Å². The van der Waals surface area contributed by atoms with Crippen LogP contribution in [0.15, 0.2) is 46.2 Å². The predicted molar refractivity (Wildman–Crippen MR) is 79.3 cm³/mol. The van der Waals surface area contributed by atoms with Crippen molar-refractivity contribution in [2.24, 2.45) is 0 Å². The van der Waals surface area contributed by atoms with Crippen molar-refractivity contribution in [2.45, 2.75) is 23.3 Å². The molecule has 0 fully saturated rings. The molecule has 106 valence electrons. The first kappa shape index (κ1) is 15.3. The van der Waals surface area contributed by atoms with Crippen LogP contribution in [0.4, 0.5) is 8.78 Å². The number of benzene rings is 2. The topological polar surface area (TPSA) is 12.0 Å². The first-order valence-corrected chi connectivity index (χ1v) is 7.42. The van der Waals surface area contributed by atoms with Crippen LogP contribution in [-0.2, 0) is 6.54 Å². The minimum Gasteiger partial charge on any atom is -0.313 e. The maximum Gasteiger partial charge on any atom is 0.159 e. The summed E-state index contributed by atoms with van der Waals surface area (Å²) in [5.74, 6) is -1.70. The van der Waals surface area contributed by atoms with Gasteiger partial charge in [-0.15, -0.1) is 0 Å². The molecule has 0 radical (unpaired) electrons. The zero-order valence-corrected chi connectivity index (χ0v) is 12.5. The van der Waals surface area contributed by atoms with Crippen LogP contribution in [0, 0.1) is 11.6 Å². The van der Waals surface area contributed by atoms with Crippen molar-refractivity contribution in [3.05, 3.63) is 58.6 Å². The molecule has 0 atom stereocenters.